The van der Waals surface area contributed by atoms with Crippen molar-refractivity contribution in [3.63, 3.8) is 0 Å². The molecular formula is C12H27NO3. The van der Waals surface area contributed by atoms with Gasteiger partial charge in [0.05, 0.1) is 31.5 Å². The summed E-state index contributed by atoms with van der Waals surface area (Å²) in [6.07, 6.45) is 0.209. The molecule has 0 saturated carbocycles. The average Bonchev–Trinajstić information content (AvgIpc) is 2.18. The molecule has 1 atom stereocenters. The van der Waals surface area contributed by atoms with Crippen LogP contribution in [0.4, 0.5) is 0 Å². The third-order valence-corrected chi connectivity index (χ3v) is 1.94. The number of nitrogens with one attached hydrogen (secondary N) is 1. The molecule has 0 aromatic rings. The van der Waals surface area contributed by atoms with Crippen LogP contribution in [-0.2, 0) is 14.2 Å². The van der Waals surface area contributed by atoms with Gasteiger partial charge in [-0.25, -0.2) is 0 Å². The van der Waals surface area contributed by atoms with Gasteiger partial charge < -0.3 is 19.5 Å². The van der Waals surface area contributed by atoms with Gasteiger partial charge in [-0.2, -0.15) is 0 Å². The Bertz CT molecular complexity index is 157. The van der Waals surface area contributed by atoms with Gasteiger partial charge in [0, 0.05) is 20.2 Å². The highest BCUT2D eigenvalue weighted by Gasteiger charge is 2.09. The first kappa shape index (κ1) is 15.8. The Balaban J connectivity index is 3.27. The van der Waals surface area contributed by atoms with Gasteiger partial charge in [-0.3, -0.25) is 0 Å². The van der Waals surface area contributed by atoms with Crippen molar-refractivity contribution in [2.45, 2.75) is 39.4 Å². The fourth-order valence-electron chi connectivity index (χ4n) is 1.14. The van der Waals surface area contributed by atoms with Gasteiger partial charge in [0.25, 0.3) is 0 Å². The zero-order valence-corrected chi connectivity index (χ0v) is 11.3. The van der Waals surface area contributed by atoms with Gasteiger partial charge >= 0.3 is 0 Å². The average molecular weight is 233 g/mol. The molecule has 0 spiro atoms. The first-order valence-corrected chi connectivity index (χ1v) is 5.91. The number of hydrogen-bond acceptors (Lipinski definition) is 4. The molecule has 0 aliphatic rings. The van der Waals surface area contributed by atoms with Crippen LogP contribution in [0.3, 0.4) is 0 Å². The molecule has 0 heterocycles. The van der Waals surface area contributed by atoms with E-state index in [9.17, 15) is 0 Å². The number of rotatable bonds is 9. The fourth-order valence-corrected chi connectivity index (χ4v) is 1.14. The molecule has 0 amide bonds. The Labute approximate surface area is 99.6 Å². The van der Waals surface area contributed by atoms with Gasteiger partial charge in [-0.05, 0) is 27.7 Å². The van der Waals surface area contributed by atoms with Gasteiger partial charge in [0.15, 0.2) is 0 Å². The predicted molar refractivity (Wildman–Crippen MR) is 65.9 cm³/mol. The smallest absolute Gasteiger partial charge is 0.0707 e. The molecule has 1 N–H and O–H groups in total. The van der Waals surface area contributed by atoms with Gasteiger partial charge in [0.2, 0.25) is 0 Å². The number of methoxy groups -OCH3 is 1. The predicted octanol–water partition coefficient (Wildman–Crippen LogP) is 1.44. The van der Waals surface area contributed by atoms with Crippen LogP contribution in [0.1, 0.15) is 27.7 Å². The molecule has 16 heavy (non-hydrogen) atoms. The van der Waals surface area contributed by atoms with Crippen LogP contribution in [0.2, 0.25) is 0 Å². The van der Waals surface area contributed by atoms with E-state index in [1.807, 2.05) is 20.8 Å². The van der Waals surface area contributed by atoms with Crippen LogP contribution in [-0.4, -0.2) is 51.7 Å². The maximum Gasteiger partial charge on any atom is 0.0707 e. The highest BCUT2D eigenvalue weighted by Crippen LogP contribution is 2.05. The molecule has 0 aliphatic heterocycles. The topological polar surface area (TPSA) is 39.7 Å². The first-order valence-electron chi connectivity index (χ1n) is 5.91. The molecule has 0 aliphatic carbocycles. The summed E-state index contributed by atoms with van der Waals surface area (Å²) < 4.78 is 16.1. The van der Waals surface area contributed by atoms with Crippen molar-refractivity contribution in [3.8, 4) is 0 Å². The van der Waals surface area contributed by atoms with E-state index in [0.29, 0.717) is 13.2 Å². The second-order valence-corrected chi connectivity index (χ2v) is 4.84. The van der Waals surface area contributed by atoms with Crippen LogP contribution >= 0.6 is 0 Å². The van der Waals surface area contributed by atoms with E-state index in [0.717, 1.165) is 19.7 Å². The largest absolute Gasteiger partial charge is 0.383 e. The maximum atomic E-state index is 5.59. The highest BCUT2D eigenvalue weighted by molar-refractivity contribution is 4.59. The van der Waals surface area contributed by atoms with Crippen molar-refractivity contribution >= 4 is 0 Å². The van der Waals surface area contributed by atoms with Crippen molar-refractivity contribution in [1.82, 2.24) is 5.32 Å². The zero-order chi connectivity index (χ0) is 12.4. The molecule has 4 nitrogen and oxygen atoms in total. The molecule has 0 rings (SSSR count). The lowest BCUT2D eigenvalue weighted by atomic mass is 10.2. The molecule has 98 valence electrons. The van der Waals surface area contributed by atoms with Crippen LogP contribution in [0.15, 0.2) is 0 Å². The Kier molecular flexibility index (Phi) is 8.84. The van der Waals surface area contributed by atoms with E-state index in [1.165, 1.54) is 0 Å². The minimum absolute atomic E-state index is 0.0800. The van der Waals surface area contributed by atoms with E-state index < -0.39 is 0 Å². The third kappa shape index (κ3) is 11.9. The second kappa shape index (κ2) is 8.93. The Morgan fingerprint density at radius 3 is 2.38 bits per heavy atom. The molecule has 0 bridgehead atoms. The van der Waals surface area contributed by atoms with Crippen LogP contribution < -0.4 is 5.32 Å². The summed E-state index contributed by atoms with van der Waals surface area (Å²) in [5.41, 5.74) is -0.0800. The summed E-state index contributed by atoms with van der Waals surface area (Å²) in [5.74, 6) is 0. The summed E-state index contributed by atoms with van der Waals surface area (Å²) in [6, 6.07) is 0. The first-order chi connectivity index (χ1) is 7.45. The summed E-state index contributed by atoms with van der Waals surface area (Å²) in [7, 11) is 1.70. The van der Waals surface area contributed by atoms with Gasteiger partial charge in [-0.1, -0.05) is 0 Å². The summed E-state index contributed by atoms with van der Waals surface area (Å²) >= 11 is 0. The van der Waals surface area contributed by atoms with Crippen LogP contribution in [0.25, 0.3) is 0 Å². The van der Waals surface area contributed by atoms with Crippen molar-refractivity contribution in [3.05, 3.63) is 0 Å². The van der Waals surface area contributed by atoms with Crippen molar-refractivity contribution in [2.24, 2.45) is 0 Å². The Hall–Kier alpha value is -0.160. The zero-order valence-electron chi connectivity index (χ0n) is 11.3. The number of ether oxygens (including phenoxy) is 3. The third-order valence-electron chi connectivity index (χ3n) is 1.94. The molecule has 4 heteroatoms. The summed E-state index contributed by atoms with van der Waals surface area (Å²) in [4.78, 5) is 0. The molecule has 0 fully saturated rings. The van der Waals surface area contributed by atoms with Gasteiger partial charge in [-0.15, -0.1) is 0 Å². The second-order valence-electron chi connectivity index (χ2n) is 4.84. The quantitative estimate of drug-likeness (QED) is 0.612. The molecule has 1 unspecified atom stereocenters. The number of hydrogen-bond donors (Lipinski definition) is 1. The van der Waals surface area contributed by atoms with E-state index in [2.05, 4.69) is 12.2 Å². The van der Waals surface area contributed by atoms with Crippen molar-refractivity contribution < 1.29 is 14.2 Å². The van der Waals surface area contributed by atoms with Crippen molar-refractivity contribution in [1.29, 1.82) is 0 Å². The monoisotopic (exact) mass is 233 g/mol. The molecule has 0 radical (unpaired) electrons. The molecule has 0 aromatic carbocycles. The van der Waals surface area contributed by atoms with Crippen molar-refractivity contribution in [2.75, 3.05) is 40.0 Å². The van der Waals surface area contributed by atoms with E-state index in [-0.39, 0.29) is 11.7 Å². The molecule has 0 saturated heterocycles. The van der Waals surface area contributed by atoms with E-state index in [4.69, 9.17) is 14.2 Å². The molecule has 0 aromatic heterocycles. The lowest BCUT2D eigenvalue weighted by Gasteiger charge is -2.20. The summed E-state index contributed by atoms with van der Waals surface area (Å²) in [5, 5.41) is 3.25. The normalized spacial score (nSPS) is 14.1. The van der Waals surface area contributed by atoms with Crippen LogP contribution in [0, 0.1) is 0 Å². The Morgan fingerprint density at radius 1 is 1.12 bits per heavy atom. The summed E-state index contributed by atoms with van der Waals surface area (Å²) in [6.45, 7) is 11.9. The lowest BCUT2D eigenvalue weighted by Crippen LogP contribution is -2.30. The maximum absolute atomic E-state index is 5.59. The molecular weight excluding hydrogens is 206 g/mol. The Morgan fingerprint density at radius 2 is 1.81 bits per heavy atom. The van der Waals surface area contributed by atoms with Gasteiger partial charge in [0.1, 0.15) is 0 Å². The fraction of sp³-hybridized carbons (Fsp3) is 1.00. The minimum atomic E-state index is -0.0800. The highest BCUT2D eigenvalue weighted by atomic mass is 16.5. The van der Waals surface area contributed by atoms with Crippen LogP contribution in [0.5, 0.6) is 0 Å². The lowest BCUT2D eigenvalue weighted by molar-refractivity contribution is -0.0480. The SMILES string of the molecule is COCCNCC(C)OCCOC(C)(C)C. The van der Waals surface area contributed by atoms with E-state index >= 15 is 0 Å². The van der Waals surface area contributed by atoms with E-state index in [1.54, 1.807) is 7.11 Å². The standard InChI is InChI=1S/C12H27NO3/c1-11(10-13-6-7-14-5)15-8-9-16-12(2,3)4/h11,13H,6-10H2,1-5H3. The minimum Gasteiger partial charge on any atom is -0.383 e.